The number of fused-ring (bicyclic) bond motifs is 1. The summed E-state index contributed by atoms with van der Waals surface area (Å²) in [6.07, 6.45) is 5.02. The standard InChI is InChI=1S/C23H23N7O/c1-16-9-10-20(24-13-16)28-22(31)18-8-5-11-29(14-18)21-12-19(17-6-3-2-4-7-17)27-23-25-15-26-30(21)23/h2-4,6-7,9-10,12-13,15,18H,5,8,11,14H2,1H3,(H,24,28,31). The van der Waals surface area contributed by atoms with Gasteiger partial charge in [0.1, 0.15) is 18.0 Å². The topological polar surface area (TPSA) is 88.3 Å². The second-order valence-corrected chi connectivity index (χ2v) is 7.83. The highest BCUT2D eigenvalue weighted by Gasteiger charge is 2.28. The first-order valence-corrected chi connectivity index (χ1v) is 10.4. The van der Waals surface area contributed by atoms with Crippen LogP contribution in [0.4, 0.5) is 11.6 Å². The van der Waals surface area contributed by atoms with Crippen molar-refractivity contribution in [2.45, 2.75) is 19.8 Å². The molecule has 1 fully saturated rings. The number of carbonyl (C=O) groups is 1. The van der Waals surface area contributed by atoms with E-state index in [1.807, 2.05) is 55.5 Å². The normalized spacial score (nSPS) is 16.4. The van der Waals surface area contributed by atoms with E-state index in [-0.39, 0.29) is 11.8 Å². The fourth-order valence-electron chi connectivity index (χ4n) is 3.95. The van der Waals surface area contributed by atoms with Gasteiger partial charge in [-0.15, -0.1) is 0 Å². The van der Waals surface area contributed by atoms with E-state index < -0.39 is 0 Å². The summed E-state index contributed by atoms with van der Waals surface area (Å²) < 4.78 is 1.74. The maximum Gasteiger partial charge on any atom is 0.254 e. The Morgan fingerprint density at radius 3 is 2.81 bits per heavy atom. The van der Waals surface area contributed by atoms with Crippen molar-refractivity contribution in [3.05, 3.63) is 66.6 Å². The molecule has 1 aliphatic heterocycles. The predicted octanol–water partition coefficient (Wildman–Crippen LogP) is 3.35. The molecular formula is C23H23N7O. The Bertz CT molecular complexity index is 1200. The van der Waals surface area contributed by atoms with Crippen LogP contribution in [0.25, 0.3) is 17.0 Å². The number of nitrogens with zero attached hydrogens (tertiary/aromatic N) is 6. The molecule has 0 bridgehead atoms. The molecule has 0 aliphatic carbocycles. The summed E-state index contributed by atoms with van der Waals surface area (Å²) in [6, 6.07) is 15.8. The Kier molecular flexibility index (Phi) is 5.03. The number of nitrogens with one attached hydrogen (secondary N) is 1. The number of aryl methyl sites for hydroxylation is 1. The molecule has 5 rings (SSSR count). The fraction of sp³-hybridized carbons (Fsp3) is 0.261. The zero-order valence-corrected chi connectivity index (χ0v) is 17.3. The van der Waals surface area contributed by atoms with E-state index in [0.717, 1.165) is 42.0 Å². The quantitative estimate of drug-likeness (QED) is 0.552. The van der Waals surface area contributed by atoms with Crippen LogP contribution in [0.5, 0.6) is 0 Å². The molecule has 0 radical (unpaired) electrons. The number of hydrogen-bond acceptors (Lipinski definition) is 6. The molecule has 0 saturated carbocycles. The van der Waals surface area contributed by atoms with Crippen molar-refractivity contribution in [2.75, 3.05) is 23.3 Å². The van der Waals surface area contributed by atoms with Gasteiger partial charge in [-0.25, -0.2) is 9.97 Å². The smallest absolute Gasteiger partial charge is 0.254 e. The number of anilines is 2. The van der Waals surface area contributed by atoms with E-state index in [1.54, 1.807) is 10.7 Å². The van der Waals surface area contributed by atoms with Crippen molar-refractivity contribution in [3.8, 4) is 11.3 Å². The van der Waals surface area contributed by atoms with Gasteiger partial charge >= 0.3 is 0 Å². The van der Waals surface area contributed by atoms with Gasteiger partial charge in [0.05, 0.1) is 11.6 Å². The zero-order valence-electron chi connectivity index (χ0n) is 17.3. The number of amides is 1. The van der Waals surface area contributed by atoms with E-state index in [0.29, 0.717) is 18.1 Å². The van der Waals surface area contributed by atoms with E-state index in [2.05, 4.69) is 30.3 Å². The Morgan fingerprint density at radius 1 is 1.13 bits per heavy atom. The number of hydrogen-bond donors (Lipinski definition) is 1. The van der Waals surface area contributed by atoms with Crippen molar-refractivity contribution in [3.63, 3.8) is 0 Å². The van der Waals surface area contributed by atoms with Crippen molar-refractivity contribution in [1.82, 2.24) is 24.6 Å². The molecule has 1 N–H and O–H groups in total. The number of benzene rings is 1. The van der Waals surface area contributed by atoms with Gasteiger partial charge in [-0.1, -0.05) is 36.4 Å². The maximum absolute atomic E-state index is 12.9. The summed E-state index contributed by atoms with van der Waals surface area (Å²) in [5, 5.41) is 7.32. The number of aromatic nitrogens is 5. The summed E-state index contributed by atoms with van der Waals surface area (Å²) in [5.74, 6) is 1.89. The fourth-order valence-corrected chi connectivity index (χ4v) is 3.95. The molecule has 8 heteroatoms. The van der Waals surface area contributed by atoms with Crippen LogP contribution in [0.1, 0.15) is 18.4 Å². The molecule has 31 heavy (non-hydrogen) atoms. The minimum Gasteiger partial charge on any atom is -0.356 e. The molecule has 1 aromatic carbocycles. The Balaban J connectivity index is 1.41. The molecule has 1 atom stereocenters. The van der Waals surface area contributed by atoms with Gasteiger partial charge in [0.2, 0.25) is 5.91 Å². The Hall–Kier alpha value is -3.81. The second-order valence-electron chi connectivity index (χ2n) is 7.83. The Labute approximate surface area is 180 Å². The van der Waals surface area contributed by atoms with Crippen molar-refractivity contribution < 1.29 is 4.79 Å². The van der Waals surface area contributed by atoms with Crippen LogP contribution in [0.2, 0.25) is 0 Å². The van der Waals surface area contributed by atoms with Crippen LogP contribution in [0.3, 0.4) is 0 Å². The molecule has 4 heterocycles. The summed E-state index contributed by atoms with van der Waals surface area (Å²) >= 11 is 0. The third kappa shape index (κ3) is 3.96. The van der Waals surface area contributed by atoms with Gasteiger partial charge in [-0.05, 0) is 31.4 Å². The first-order chi connectivity index (χ1) is 15.2. The zero-order chi connectivity index (χ0) is 21.2. The van der Waals surface area contributed by atoms with Crippen LogP contribution in [0.15, 0.2) is 61.1 Å². The molecule has 4 aromatic rings. The van der Waals surface area contributed by atoms with Gasteiger partial charge in [-0.2, -0.15) is 14.6 Å². The van der Waals surface area contributed by atoms with Gasteiger partial charge < -0.3 is 10.2 Å². The number of pyridine rings is 1. The highest BCUT2D eigenvalue weighted by Crippen LogP contribution is 2.28. The van der Waals surface area contributed by atoms with E-state index >= 15 is 0 Å². The molecule has 1 aliphatic rings. The lowest BCUT2D eigenvalue weighted by molar-refractivity contribution is -0.120. The first kappa shape index (κ1) is 19.2. The lowest BCUT2D eigenvalue weighted by Crippen LogP contribution is -2.41. The van der Waals surface area contributed by atoms with Crippen LogP contribution < -0.4 is 10.2 Å². The monoisotopic (exact) mass is 413 g/mol. The van der Waals surface area contributed by atoms with Crippen LogP contribution >= 0.6 is 0 Å². The van der Waals surface area contributed by atoms with Gasteiger partial charge in [-0.3, -0.25) is 4.79 Å². The maximum atomic E-state index is 12.9. The molecule has 156 valence electrons. The minimum absolute atomic E-state index is 0.00627. The molecule has 1 saturated heterocycles. The third-order valence-electron chi connectivity index (χ3n) is 5.58. The Morgan fingerprint density at radius 2 is 2.00 bits per heavy atom. The summed E-state index contributed by atoms with van der Waals surface area (Å²) in [7, 11) is 0. The predicted molar refractivity (Wildman–Crippen MR) is 119 cm³/mol. The van der Waals surface area contributed by atoms with Crippen LogP contribution in [0, 0.1) is 12.8 Å². The average Bonchev–Trinajstić information content (AvgIpc) is 3.29. The van der Waals surface area contributed by atoms with Crippen molar-refractivity contribution >= 4 is 23.3 Å². The lowest BCUT2D eigenvalue weighted by Gasteiger charge is -2.33. The van der Waals surface area contributed by atoms with E-state index in [9.17, 15) is 4.79 Å². The SMILES string of the molecule is Cc1ccc(NC(=O)C2CCCN(c3cc(-c4ccccc4)nc4ncnn34)C2)nc1. The first-order valence-electron chi connectivity index (χ1n) is 10.4. The molecule has 3 aromatic heterocycles. The molecule has 0 spiro atoms. The third-order valence-corrected chi connectivity index (χ3v) is 5.58. The number of carbonyl (C=O) groups excluding carboxylic acids is 1. The molecule has 8 nitrogen and oxygen atoms in total. The average molecular weight is 413 g/mol. The molecular weight excluding hydrogens is 390 g/mol. The van der Waals surface area contributed by atoms with Crippen molar-refractivity contribution in [2.24, 2.45) is 5.92 Å². The van der Waals surface area contributed by atoms with Crippen LogP contribution in [-0.2, 0) is 4.79 Å². The van der Waals surface area contributed by atoms with E-state index in [1.165, 1.54) is 6.33 Å². The molecule has 1 amide bonds. The summed E-state index contributed by atoms with van der Waals surface area (Å²) in [5.41, 5.74) is 2.92. The summed E-state index contributed by atoms with van der Waals surface area (Å²) in [4.78, 5) is 28.4. The highest BCUT2D eigenvalue weighted by molar-refractivity contribution is 5.92. The highest BCUT2D eigenvalue weighted by atomic mass is 16.2. The largest absolute Gasteiger partial charge is 0.356 e. The summed E-state index contributed by atoms with van der Waals surface area (Å²) in [6.45, 7) is 3.42. The second kappa shape index (κ2) is 8.14. The van der Waals surface area contributed by atoms with Gasteiger partial charge in [0, 0.05) is 30.9 Å². The van der Waals surface area contributed by atoms with Gasteiger partial charge in [0.25, 0.3) is 5.78 Å². The van der Waals surface area contributed by atoms with Crippen molar-refractivity contribution in [1.29, 1.82) is 0 Å². The van der Waals surface area contributed by atoms with E-state index in [4.69, 9.17) is 0 Å². The minimum atomic E-state index is -0.135. The van der Waals surface area contributed by atoms with Crippen LogP contribution in [-0.4, -0.2) is 43.6 Å². The number of rotatable bonds is 4. The lowest BCUT2D eigenvalue weighted by atomic mass is 9.97. The molecule has 1 unspecified atom stereocenters. The van der Waals surface area contributed by atoms with Gasteiger partial charge in [0.15, 0.2) is 0 Å². The number of piperidine rings is 1.